The zero-order valence-electron chi connectivity index (χ0n) is 33.7. The SMILES string of the molecule is [2H]c1c([2H])c([2H])c2c(oc3c([2H])c([2H])c(-n4c5ccccc5c5cc6c7ccccc7n(-c7nc(-c8ccccc8)nc(-c8ccccc8)n7)c6cc54)c([2H])c32)c1[2H]. The van der Waals surface area contributed by atoms with Crippen LogP contribution in [0.3, 0.4) is 0 Å². The summed E-state index contributed by atoms with van der Waals surface area (Å²) in [5, 5.41) is 3.66. The van der Waals surface area contributed by atoms with Crippen molar-refractivity contribution in [2.45, 2.75) is 0 Å². The Bertz CT molecular complexity index is 3490. The Kier molecular flexibility index (Phi) is 4.59. The number of para-hydroxylation sites is 3. The number of rotatable bonds is 4. The number of nitrogens with zero attached hydrogens (tertiary/aromatic N) is 5. The van der Waals surface area contributed by atoms with Crippen LogP contribution in [-0.2, 0) is 0 Å². The maximum absolute atomic E-state index is 9.66. The van der Waals surface area contributed by atoms with Gasteiger partial charge in [-0.3, -0.25) is 4.57 Å². The van der Waals surface area contributed by atoms with Gasteiger partial charge in [-0.05, 0) is 48.4 Å². The fraction of sp³-hybridized carbons (Fsp3) is 0. The average Bonchev–Trinajstić information content (AvgIpc) is 3.93. The van der Waals surface area contributed by atoms with Crippen LogP contribution in [0.1, 0.15) is 9.60 Å². The molecule has 0 aliphatic carbocycles. The lowest BCUT2D eigenvalue weighted by atomic mass is 10.1. The summed E-state index contributed by atoms with van der Waals surface area (Å²) < 4.78 is 71.8. The quantitative estimate of drug-likeness (QED) is 0.188. The molecular weight excluding hydrogens is 627 g/mol. The summed E-state index contributed by atoms with van der Waals surface area (Å²) in [5.74, 6) is 1.41. The van der Waals surface area contributed by atoms with E-state index in [9.17, 15) is 2.74 Å². The van der Waals surface area contributed by atoms with E-state index in [1.165, 1.54) is 0 Å². The summed E-state index contributed by atoms with van der Waals surface area (Å²) in [6, 6.07) is 36.8. The summed E-state index contributed by atoms with van der Waals surface area (Å²) in [6.07, 6.45) is 0. The Morgan fingerprint density at radius 3 is 1.71 bits per heavy atom. The maximum Gasteiger partial charge on any atom is 0.238 e. The molecule has 6 heteroatoms. The molecule has 0 saturated carbocycles. The standard InChI is InChI=1S/C45H27N5O/c1-3-13-28(14-4-1)43-46-44(29-15-5-2-6-16-29)48-45(47-43)50-38-21-11-8-18-32(38)35-26-34-31-17-7-10-20-37(31)49(39(34)27-40(35)50)30-23-24-42-36(25-30)33-19-9-12-22-41(33)51-42/h1-27H/i9D,12D,19D,22D,23D,24D,25D. The van der Waals surface area contributed by atoms with Gasteiger partial charge in [-0.2, -0.15) is 9.97 Å². The maximum atomic E-state index is 9.66. The fourth-order valence-corrected chi connectivity index (χ4v) is 7.19. The van der Waals surface area contributed by atoms with Crippen molar-refractivity contribution in [3.05, 3.63) is 164 Å². The molecule has 0 unspecified atom stereocenters. The topological polar surface area (TPSA) is 61.7 Å². The molecule has 0 N–H and O–H groups in total. The first-order valence-electron chi connectivity index (χ1n) is 20.0. The number of hydrogen-bond acceptors (Lipinski definition) is 4. The third-order valence-electron chi connectivity index (χ3n) is 9.45. The van der Waals surface area contributed by atoms with Gasteiger partial charge in [0.1, 0.15) is 11.2 Å². The van der Waals surface area contributed by atoms with E-state index in [0.717, 1.165) is 43.7 Å². The molecule has 0 spiro atoms. The molecule has 0 bridgehead atoms. The molecule has 4 heterocycles. The molecule has 0 aliphatic rings. The van der Waals surface area contributed by atoms with Gasteiger partial charge in [-0.1, -0.05) is 115 Å². The van der Waals surface area contributed by atoms with Gasteiger partial charge in [0.15, 0.2) is 11.6 Å². The summed E-state index contributed by atoms with van der Waals surface area (Å²) in [4.78, 5) is 15.1. The van der Waals surface area contributed by atoms with E-state index in [0.29, 0.717) is 28.6 Å². The van der Waals surface area contributed by atoms with Gasteiger partial charge in [-0.15, -0.1) is 0 Å². The molecule has 4 aromatic heterocycles. The van der Waals surface area contributed by atoms with Crippen LogP contribution in [0.2, 0.25) is 0 Å². The number of benzene rings is 7. The molecule has 0 fully saturated rings. The summed E-state index contributed by atoms with van der Waals surface area (Å²) in [6.45, 7) is 0. The lowest BCUT2D eigenvalue weighted by Gasteiger charge is -2.11. The van der Waals surface area contributed by atoms with Crippen LogP contribution in [0, 0.1) is 0 Å². The van der Waals surface area contributed by atoms with Crippen LogP contribution in [0.4, 0.5) is 0 Å². The van der Waals surface area contributed by atoms with Crippen molar-refractivity contribution in [1.82, 2.24) is 24.1 Å². The van der Waals surface area contributed by atoms with Crippen LogP contribution in [-0.4, -0.2) is 24.1 Å². The van der Waals surface area contributed by atoms with Crippen LogP contribution >= 0.6 is 0 Å². The highest BCUT2D eigenvalue weighted by molar-refractivity contribution is 6.19. The van der Waals surface area contributed by atoms with E-state index in [-0.39, 0.29) is 51.8 Å². The Morgan fingerprint density at radius 1 is 0.451 bits per heavy atom. The normalized spacial score (nSPS) is 13.8. The molecule has 6 nitrogen and oxygen atoms in total. The molecule has 11 rings (SSSR count). The van der Waals surface area contributed by atoms with Crippen LogP contribution < -0.4 is 0 Å². The molecule has 11 aromatic rings. The lowest BCUT2D eigenvalue weighted by Crippen LogP contribution is -2.06. The van der Waals surface area contributed by atoms with Gasteiger partial charge in [0, 0.05) is 49.1 Å². The first kappa shape index (κ1) is 21.8. The predicted octanol–water partition coefficient (Wildman–Crippen LogP) is 11.3. The molecular formula is C45H27N5O. The first-order valence-corrected chi connectivity index (χ1v) is 16.5. The highest BCUT2D eigenvalue weighted by atomic mass is 16.3. The van der Waals surface area contributed by atoms with E-state index in [1.54, 1.807) is 4.57 Å². The Hall–Kier alpha value is -7.05. The molecule has 0 aliphatic heterocycles. The van der Waals surface area contributed by atoms with E-state index in [1.807, 2.05) is 114 Å². The van der Waals surface area contributed by atoms with Gasteiger partial charge >= 0.3 is 0 Å². The number of fused-ring (bicyclic) bond motifs is 9. The highest BCUT2D eigenvalue weighted by Crippen LogP contribution is 2.40. The van der Waals surface area contributed by atoms with E-state index in [2.05, 4.69) is 12.1 Å². The summed E-state index contributed by atoms with van der Waals surface area (Å²) >= 11 is 0. The minimum atomic E-state index is -0.479. The summed E-state index contributed by atoms with van der Waals surface area (Å²) in [5.41, 5.74) is 4.41. The van der Waals surface area contributed by atoms with Crippen LogP contribution in [0.25, 0.3) is 100.0 Å². The highest BCUT2D eigenvalue weighted by Gasteiger charge is 2.21. The van der Waals surface area contributed by atoms with Crippen molar-refractivity contribution in [1.29, 1.82) is 0 Å². The van der Waals surface area contributed by atoms with Crippen molar-refractivity contribution in [3.8, 4) is 34.4 Å². The summed E-state index contributed by atoms with van der Waals surface area (Å²) in [7, 11) is 0. The Balaban J connectivity index is 1.27. The molecule has 51 heavy (non-hydrogen) atoms. The van der Waals surface area contributed by atoms with Crippen molar-refractivity contribution in [3.63, 3.8) is 0 Å². The number of furan rings is 1. The Morgan fingerprint density at radius 2 is 1.02 bits per heavy atom. The number of aromatic nitrogens is 5. The predicted molar refractivity (Wildman–Crippen MR) is 207 cm³/mol. The third kappa shape index (κ3) is 4.20. The zero-order chi connectivity index (χ0) is 39.6. The van der Waals surface area contributed by atoms with Crippen molar-refractivity contribution in [2.75, 3.05) is 0 Å². The first-order chi connectivity index (χ1) is 28.2. The van der Waals surface area contributed by atoms with Gasteiger partial charge in [-0.25, -0.2) is 4.98 Å². The molecule has 238 valence electrons. The second kappa shape index (κ2) is 10.7. The molecule has 7 aromatic carbocycles. The van der Waals surface area contributed by atoms with Gasteiger partial charge in [0.05, 0.1) is 31.7 Å². The van der Waals surface area contributed by atoms with Crippen LogP contribution in [0.5, 0.6) is 0 Å². The second-order valence-electron chi connectivity index (χ2n) is 12.3. The van der Waals surface area contributed by atoms with Crippen molar-refractivity contribution in [2.24, 2.45) is 0 Å². The minimum Gasteiger partial charge on any atom is -0.456 e. The second-order valence-corrected chi connectivity index (χ2v) is 12.3. The minimum absolute atomic E-state index is 0.00214. The average molecular weight is 661 g/mol. The number of hydrogen-bond donors (Lipinski definition) is 0. The fourth-order valence-electron chi connectivity index (χ4n) is 7.19. The molecule has 0 amide bonds. The largest absolute Gasteiger partial charge is 0.456 e. The van der Waals surface area contributed by atoms with E-state index < -0.39 is 18.1 Å². The molecule has 0 saturated heterocycles. The van der Waals surface area contributed by atoms with Crippen LogP contribution in [0.15, 0.2) is 168 Å². The van der Waals surface area contributed by atoms with Gasteiger partial charge in [0.25, 0.3) is 0 Å². The zero-order valence-corrected chi connectivity index (χ0v) is 26.7. The van der Waals surface area contributed by atoms with E-state index >= 15 is 0 Å². The van der Waals surface area contributed by atoms with Crippen molar-refractivity contribution < 1.29 is 14.0 Å². The molecule has 0 radical (unpaired) electrons. The lowest BCUT2D eigenvalue weighted by molar-refractivity contribution is 0.669. The van der Waals surface area contributed by atoms with E-state index in [4.69, 9.17) is 26.2 Å². The monoisotopic (exact) mass is 660 g/mol. The smallest absolute Gasteiger partial charge is 0.238 e. The van der Waals surface area contributed by atoms with Crippen molar-refractivity contribution >= 4 is 65.6 Å². The van der Waals surface area contributed by atoms with Gasteiger partial charge in [0.2, 0.25) is 5.95 Å². The Labute approximate surface area is 301 Å². The third-order valence-corrected chi connectivity index (χ3v) is 9.45. The molecule has 0 atom stereocenters. The van der Waals surface area contributed by atoms with Gasteiger partial charge < -0.3 is 8.98 Å².